The second-order valence-corrected chi connectivity index (χ2v) is 5.94. The summed E-state index contributed by atoms with van der Waals surface area (Å²) < 4.78 is 40.6. The van der Waals surface area contributed by atoms with E-state index in [2.05, 4.69) is 10.3 Å². The van der Waals surface area contributed by atoms with E-state index in [1.807, 2.05) is 28.8 Å². The zero-order valence-electron chi connectivity index (χ0n) is 13.6. The molecule has 1 aromatic heterocycles. The molecule has 0 unspecified atom stereocenters. The van der Waals surface area contributed by atoms with Gasteiger partial charge in [0.1, 0.15) is 0 Å². The number of aliphatic hydroxyl groups is 1. The highest BCUT2D eigenvalue weighted by Crippen LogP contribution is 2.30. The molecule has 2 N–H and O–H groups in total. The summed E-state index contributed by atoms with van der Waals surface area (Å²) >= 11 is 0. The van der Waals surface area contributed by atoms with Crippen molar-refractivity contribution in [2.24, 2.45) is 0 Å². The Balaban J connectivity index is 1.98. The summed E-state index contributed by atoms with van der Waals surface area (Å²) in [7, 11) is 0. The van der Waals surface area contributed by atoms with Crippen molar-refractivity contribution < 1.29 is 18.3 Å². The first-order valence-corrected chi connectivity index (χ1v) is 7.88. The van der Waals surface area contributed by atoms with Crippen molar-refractivity contribution in [1.29, 1.82) is 0 Å². The molecule has 1 atom stereocenters. The quantitative estimate of drug-likeness (QED) is 0.735. The molecule has 7 heteroatoms. The van der Waals surface area contributed by atoms with Gasteiger partial charge in [-0.1, -0.05) is 24.3 Å². The molecule has 0 aliphatic rings. The average Bonchev–Trinajstić information content (AvgIpc) is 2.90. The molecule has 0 amide bonds. The number of aromatic nitrogens is 2. The summed E-state index contributed by atoms with van der Waals surface area (Å²) in [6.07, 6.45) is -4.94. The van der Waals surface area contributed by atoms with Crippen LogP contribution in [-0.2, 0) is 12.7 Å². The van der Waals surface area contributed by atoms with Gasteiger partial charge in [-0.25, -0.2) is 4.98 Å². The van der Waals surface area contributed by atoms with Crippen molar-refractivity contribution in [3.63, 3.8) is 0 Å². The molecule has 0 bridgehead atoms. The lowest BCUT2D eigenvalue weighted by atomic mass is 10.1. The number of benzene rings is 2. The van der Waals surface area contributed by atoms with E-state index in [0.717, 1.165) is 23.2 Å². The van der Waals surface area contributed by atoms with Gasteiger partial charge in [0.05, 0.1) is 29.2 Å². The third-order valence-corrected chi connectivity index (χ3v) is 3.81. The molecule has 0 radical (unpaired) electrons. The first-order valence-electron chi connectivity index (χ1n) is 7.88. The average molecular weight is 349 g/mol. The highest BCUT2D eigenvalue weighted by Gasteiger charge is 2.30. The van der Waals surface area contributed by atoms with Crippen molar-refractivity contribution in [1.82, 2.24) is 9.55 Å². The van der Waals surface area contributed by atoms with Crippen LogP contribution in [0.25, 0.3) is 11.0 Å². The fourth-order valence-electron chi connectivity index (χ4n) is 2.64. The lowest BCUT2D eigenvalue weighted by molar-refractivity contribution is -0.137. The summed E-state index contributed by atoms with van der Waals surface area (Å²) in [6.45, 7) is 2.19. The second kappa shape index (κ2) is 6.76. The second-order valence-electron chi connectivity index (χ2n) is 5.94. The molecule has 4 nitrogen and oxygen atoms in total. The van der Waals surface area contributed by atoms with Crippen LogP contribution in [0.1, 0.15) is 18.1 Å². The van der Waals surface area contributed by atoms with Crippen LogP contribution in [0.2, 0.25) is 0 Å². The minimum atomic E-state index is -4.37. The number of nitrogens with one attached hydrogen (secondary N) is 1. The molecule has 0 saturated heterocycles. The first kappa shape index (κ1) is 17.3. The van der Waals surface area contributed by atoms with E-state index in [0.29, 0.717) is 18.1 Å². The molecule has 3 rings (SSSR count). The van der Waals surface area contributed by atoms with Gasteiger partial charge in [-0.2, -0.15) is 13.2 Å². The van der Waals surface area contributed by atoms with E-state index >= 15 is 0 Å². The monoisotopic (exact) mass is 349 g/mol. The minimum absolute atomic E-state index is 0.243. The molecule has 1 heterocycles. The Morgan fingerprint density at radius 1 is 1.16 bits per heavy atom. The highest BCUT2D eigenvalue weighted by molar-refractivity contribution is 5.78. The van der Waals surface area contributed by atoms with Crippen molar-refractivity contribution in [3.05, 3.63) is 59.7 Å². The van der Waals surface area contributed by atoms with E-state index in [9.17, 15) is 18.3 Å². The van der Waals surface area contributed by atoms with Crippen LogP contribution in [0.15, 0.2) is 48.5 Å². The Hall–Kier alpha value is -2.54. The van der Waals surface area contributed by atoms with E-state index in [-0.39, 0.29) is 6.54 Å². The molecular weight excluding hydrogens is 331 g/mol. The van der Waals surface area contributed by atoms with Crippen LogP contribution in [0.4, 0.5) is 19.1 Å². The van der Waals surface area contributed by atoms with Gasteiger partial charge < -0.3 is 15.0 Å². The van der Waals surface area contributed by atoms with E-state index in [4.69, 9.17) is 0 Å². The Bertz CT molecular complexity index is 871. The first-order chi connectivity index (χ1) is 11.8. The SMILES string of the molecule is C[C@@H](O)CNc1nc2ccccc2n1Cc1cccc(C(F)(F)F)c1. The maximum Gasteiger partial charge on any atom is 0.416 e. The normalized spacial score (nSPS) is 13.2. The van der Waals surface area contributed by atoms with Gasteiger partial charge in [-0.15, -0.1) is 0 Å². The molecule has 0 saturated carbocycles. The summed E-state index contributed by atoms with van der Waals surface area (Å²) in [5.41, 5.74) is 1.40. The van der Waals surface area contributed by atoms with Gasteiger partial charge in [0.2, 0.25) is 5.95 Å². The van der Waals surface area contributed by atoms with Crippen molar-refractivity contribution >= 4 is 17.0 Å². The van der Waals surface area contributed by atoms with Gasteiger partial charge in [0.25, 0.3) is 0 Å². The predicted molar refractivity (Wildman–Crippen MR) is 90.4 cm³/mol. The Kier molecular flexibility index (Phi) is 4.67. The van der Waals surface area contributed by atoms with Crippen LogP contribution >= 0.6 is 0 Å². The van der Waals surface area contributed by atoms with E-state index in [1.165, 1.54) is 6.07 Å². The van der Waals surface area contributed by atoms with Crippen molar-refractivity contribution in [3.8, 4) is 0 Å². The number of para-hydroxylation sites is 2. The zero-order chi connectivity index (χ0) is 18.0. The number of alkyl halides is 3. The maximum absolute atomic E-state index is 12.9. The Labute approximate surface area is 142 Å². The van der Waals surface area contributed by atoms with E-state index < -0.39 is 17.8 Å². The maximum atomic E-state index is 12.9. The van der Waals surface area contributed by atoms with Crippen LogP contribution in [0, 0.1) is 0 Å². The number of fused-ring (bicyclic) bond motifs is 1. The molecule has 132 valence electrons. The number of anilines is 1. The van der Waals surface area contributed by atoms with Gasteiger partial charge in [0.15, 0.2) is 0 Å². The molecule has 25 heavy (non-hydrogen) atoms. The predicted octanol–water partition coefficient (Wildman–Crippen LogP) is 3.90. The number of rotatable bonds is 5. The standard InChI is InChI=1S/C18H18F3N3O/c1-12(25)10-22-17-23-15-7-2-3-8-16(15)24(17)11-13-5-4-6-14(9-13)18(19,20)21/h2-9,12,25H,10-11H2,1H3,(H,22,23)/t12-/m1/s1. The number of hydrogen-bond acceptors (Lipinski definition) is 3. The van der Waals surface area contributed by atoms with Gasteiger partial charge >= 0.3 is 6.18 Å². The number of nitrogens with zero attached hydrogens (tertiary/aromatic N) is 2. The van der Waals surface area contributed by atoms with Gasteiger partial charge in [0, 0.05) is 6.54 Å². The summed E-state index contributed by atoms with van der Waals surface area (Å²) in [4.78, 5) is 4.47. The van der Waals surface area contributed by atoms with Crippen LogP contribution < -0.4 is 5.32 Å². The third-order valence-electron chi connectivity index (χ3n) is 3.81. The number of imidazole rings is 1. The number of aliphatic hydroxyl groups excluding tert-OH is 1. The van der Waals surface area contributed by atoms with E-state index in [1.54, 1.807) is 13.0 Å². The lowest BCUT2D eigenvalue weighted by Gasteiger charge is -2.13. The highest BCUT2D eigenvalue weighted by atomic mass is 19.4. The molecular formula is C18H18F3N3O. The summed E-state index contributed by atoms with van der Waals surface area (Å²) in [6, 6.07) is 12.7. The van der Waals surface area contributed by atoms with Crippen LogP contribution in [0.5, 0.6) is 0 Å². The molecule has 3 aromatic rings. The lowest BCUT2D eigenvalue weighted by Crippen LogP contribution is -2.18. The topological polar surface area (TPSA) is 50.1 Å². The number of hydrogen-bond donors (Lipinski definition) is 2. The van der Waals surface area contributed by atoms with Gasteiger partial charge in [-0.3, -0.25) is 0 Å². The fourth-order valence-corrected chi connectivity index (χ4v) is 2.64. The fraction of sp³-hybridized carbons (Fsp3) is 0.278. The van der Waals surface area contributed by atoms with Crippen LogP contribution in [0.3, 0.4) is 0 Å². The van der Waals surface area contributed by atoms with Gasteiger partial charge in [-0.05, 0) is 36.8 Å². The largest absolute Gasteiger partial charge is 0.416 e. The Morgan fingerprint density at radius 2 is 1.92 bits per heavy atom. The molecule has 2 aromatic carbocycles. The third kappa shape index (κ3) is 3.93. The smallest absolute Gasteiger partial charge is 0.392 e. The van der Waals surface area contributed by atoms with Crippen molar-refractivity contribution in [2.45, 2.75) is 25.7 Å². The molecule has 0 aliphatic carbocycles. The minimum Gasteiger partial charge on any atom is -0.392 e. The summed E-state index contributed by atoms with van der Waals surface area (Å²) in [5.74, 6) is 0.513. The zero-order valence-corrected chi connectivity index (χ0v) is 13.6. The summed E-state index contributed by atoms with van der Waals surface area (Å²) in [5, 5.41) is 12.5. The molecule has 0 spiro atoms. The van der Waals surface area contributed by atoms with Crippen LogP contribution in [-0.4, -0.2) is 27.3 Å². The Morgan fingerprint density at radius 3 is 2.64 bits per heavy atom. The van der Waals surface area contributed by atoms with Crippen molar-refractivity contribution in [2.75, 3.05) is 11.9 Å². The molecule has 0 aliphatic heterocycles. The number of halogens is 3. The molecule has 0 fully saturated rings.